The summed E-state index contributed by atoms with van der Waals surface area (Å²) in [5.74, 6) is 0.342. The van der Waals surface area contributed by atoms with Crippen molar-refractivity contribution in [1.82, 2.24) is 10.3 Å². The number of hydrogen-bond donors (Lipinski definition) is 3. The molecule has 0 bridgehead atoms. The number of aromatic amines is 1. The van der Waals surface area contributed by atoms with Gasteiger partial charge in [0, 0.05) is 28.6 Å². The number of benzene rings is 1. The predicted molar refractivity (Wildman–Crippen MR) is 76.4 cm³/mol. The molecular weight excluding hydrogens is 236 g/mol. The lowest BCUT2D eigenvalue weighted by atomic mass is 9.67. The molecule has 0 radical (unpaired) electrons. The van der Waals surface area contributed by atoms with Gasteiger partial charge in [-0.1, -0.05) is 19.1 Å². The van der Waals surface area contributed by atoms with Gasteiger partial charge in [0.05, 0.1) is 0 Å². The fourth-order valence-electron chi connectivity index (χ4n) is 4.33. The smallest absolute Gasteiger partial charge is 0.106 e. The van der Waals surface area contributed by atoms with Crippen LogP contribution in [0.5, 0.6) is 0 Å². The summed E-state index contributed by atoms with van der Waals surface area (Å²) < 4.78 is 0. The molecular formula is C16H20N2O. The van der Waals surface area contributed by atoms with Crippen LogP contribution in [0, 0.1) is 6.92 Å². The molecule has 2 unspecified atom stereocenters. The number of hydrogen-bond acceptors (Lipinski definition) is 2. The molecule has 3 heteroatoms. The molecule has 2 heterocycles. The molecule has 0 spiro atoms. The van der Waals surface area contributed by atoms with Gasteiger partial charge < -0.3 is 15.4 Å². The van der Waals surface area contributed by atoms with Crippen molar-refractivity contribution in [2.24, 2.45) is 0 Å². The Kier molecular flexibility index (Phi) is 2.19. The summed E-state index contributed by atoms with van der Waals surface area (Å²) in [6.07, 6.45) is 1.90. The van der Waals surface area contributed by atoms with Crippen LogP contribution in [-0.4, -0.2) is 22.7 Å². The van der Waals surface area contributed by atoms with E-state index >= 15 is 0 Å². The van der Waals surface area contributed by atoms with Gasteiger partial charge >= 0.3 is 0 Å². The fourth-order valence-corrected chi connectivity index (χ4v) is 4.33. The molecule has 100 valence electrons. The van der Waals surface area contributed by atoms with Crippen molar-refractivity contribution >= 4 is 10.9 Å². The molecule has 3 atom stereocenters. The van der Waals surface area contributed by atoms with Crippen molar-refractivity contribution in [3.05, 3.63) is 35.0 Å². The average molecular weight is 256 g/mol. The zero-order chi connectivity index (χ0) is 13.2. The first-order chi connectivity index (χ1) is 9.13. The lowest BCUT2D eigenvalue weighted by Crippen LogP contribution is -2.56. The molecule has 3 N–H and O–H groups in total. The van der Waals surface area contributed by atoms with Crippen LogP contribution in [-0.2, 0) is 5.60 Å². The highest BCUT2D eigenvalue weighted by molar-refractivity contribution is 5.90. The van der Waals surface area contributed by atoms with E-state index in [0.29, 0.717) is 5.92 Å². The first-order valence-corrected chi connectivity index (χ1v) is 7.20. The minimum absolute atomic E-state index is 0.133. The Balaban J connectivity index is 2.10. The first-order valence-electron chi connectivity index (χ1n) is 7.20. The average Bonchev–Trinajstić information content (AvgIpc) is 2.73. The van der Waals surface area contributed by atoms with Gasteiger partial charge in [0.15, 0.2) is 0 Å². The van der Waals surface area contributed by atoms with Gasteiger partial charge in [-0.25, -0.2) is 0 Å². The third kappa shape index (κ3) is 1.30. The maximum Gasteiger partial charge on any atom is 0.106 e. The number of nitrogens with one attached hydrogen (secondary N) is 2. The monoisotopic (exact) mass is 256 g/mol. The standard InChI is InChI=1S/C16H20N2O/c1-9-13-10(2)18-12-6-3-5-11(14(12)13)16(19)7-4-8-17-15(9)16/h3,5-6,9,15,17-19H,4,7-8H2,1-2H3/t9?,15-,16?/m1/s1. The SMILES string of the molecule is Cc1[nH]c2cccc3c2c1C(C)[C@H]1NCCCC31O. The van der Waals surface area contributed by atoms with Crippen LogP contribution in [0.3, 0.4) is 0 Å². The van der Waals surface area contributed by atoms with Crippen LogP contribution >= 0.6 is 0 Å². The van der Waals surface area contributed by atoms with Crippen LogP contribution in [0.15, 0.2) is 18.2 Å². The van der Waals surface area contributed by atoms with Crippen LogP contribution in [0.1, 0.15) is 42.5 Å². The van der Waals surface area contributed by atoms with E-state index in [1.165, 1.54) is 16.6 Å². The number of rotatable bonds is 0. The molecule has 4 rings (SSSR count). The number of H-pyrrole nitrogens is 1. The predicted octanol–water partition coefficient (Wildman–Crippen LogP) is 2.53. The van der Waals surface area contributed by atoms with E-state index in [9.17, 15) is 5.11 Å². The van der Waals surface area contributed by atoms with Gasteiger partial charge in [0.25, 0.3) is 0 Å². The number of fused-ring (bicyclic) bond motifs is 2. The number of piperidine rings is 1. The third-order valence-corrected chi connectivity index (χ3v) is 5.10. The normalized spacial score (nSPS) is 33.4. The van der Waals surface area contributed by atoms with Crippen molar-refractivity contribution in [2.45, 2.75) is 44.2 Å². The largest absolute Gasteiger partial charge is 0.383 e. The van der Waals surface area contributed by atoms with Gasteiger partial charge in [-0.2, -0.15) is 0 Å². The Morgan fingerprint density at radius 3 is 3.05 bits per heavy atom. The van der Waals surface area contributed by atoms with E-state index in [1.807, 2.05) is 0 Å². The molecule has 2 aliphatic rings. The molecule has 0 saturated carbocycles. The van der Waals surface area contributed by atoms with Crippen molar-refractivity contribution in [1.29, 1.82) is 0 Å². The molecule has 2 aromatic rings. The van der Waals surface area contributed by atoms with E-state index in [1.54, 1.807) is 0 Å². The number of aliphatic hydroxyl groups is 1. The Hall–Kier alpha value is -1.32. The summed E-state index contributed by atoms with van der Waals surface area (Å²) in [6, 6.07) is 6.40. The lowest BCUT2D eigenvalue weighted by Gasteiger charge is -2.47. The Bertz CT molecular complexity index is 660. The van der Waals surface area contributed by atoms with Gasteiger partial charge in [0.2, 0.25) is 0 Å². The van der Waals surface area contributed by atoms with Gasteiger partial charge in [-0.3, -0.25) is 0 Å². The first kappa shape index (κ1) is 11.5. The number of aryl methyl sites for hydroxylation is 1. The maximum atomic E-state index is 11.3. The molecule has 1 aromatic carbocycles. The lowest BCUT2D eigenvalue weighted by molar-refractivity contribution is -0.0377. The summed E-state index contributed by atoms with van der Waals surface area (Å²) in [5.41, 5.74) is 4.19. The van der Waals surface area contributed by atoms with Crippen molar-refractivity contribution in [3.63, 3.8) is 0 Å². The van der Waals surface area contributed by atoms with Crippen LogP contribution < -0.4 is 5.32 Å². The van der Waals surface area contributed by atoms with Crippen molar-refractivity contribution in [3.8, 4) is 0 Å². The Morgan fingerprint density at radius 2 is 2.21 bits per heavy atom. The molecule has 0 amide bonds. The van der Waals surface area contributed by atoms with Gasteiger partial charge in [-0.05, 0) is 43.5 Å². The van der Waals surface area contributed by atoms with Crippen molar-refractivity contribution < 1.29 is 5.11 Å². The highest BCUT2D eigenvalue weighted by Gasteiger charge is 2.48. The third-order valence-electron chi connectivity index (χ3n) is 5.10. The summed E-state index contributed by atoms with van der Waals surface area (Å²) in [6.45, 7) is 5.38. The van der Waals surface area contributed by atoms with E-state index in [-0.39, 0.29) is 6.04 Å². The highest BCUT2D eigenvalue weighted by Crippen LogP contribution is 2.49. The zero-order valence-corrected chi connectivity index (χ0v) is 11.5. The van der Waals surface area contributed by atoms with Gasteiger partial charge in [-0.15, -0.1) is 0 Å². The molecule has 1 fully saturated rings. The summed E-state index contributed by atoms with van der Waals surface area (Å²) >= 11 is 0. The Labute approximate surface area is 113 Å². The fraction of sp³-hybridized carbons (Fsp3) is 0.500. The van der Waals surface area contributed by atoms with E-state index in [4.69, 9.17) is 0 Å². The topological polar surface area (TPSA) is 48.0 Å². The summed E-state index contributed by atoms with van der Waals surface area (Å²) in [5, 5.41) is 16.1. The second-order valence-corrected chi connectivity index (χ2v) is 6.14. The van der Waals surface area contributed by atoms with E-state index in [0.717, 1.165) is 30.5 Å². The summed E-state index contributed by atoms with van der Waals surface area (Å²) in [4.78, 5) is 3.48. The Morgan fingerprint density at radius 1 is 1.37 bits per heavy atom. The molecule has 1 aromatic heterocycles. The molecule has 3 nitrogen and oxygen atoms in total. The minimum Gasteiger partial charge on any atom is -0.383 e. The molecule has 1 aliphatic heterocycles. The number of aromatic nitrogens is 1. The minimum atomic E-state index is -0.710. The second kappa shape index (κ2) is 3.62. The van der Waals surface area contributed by atoms with E-state index in [2.05, 4.69) is 42.3 Å². The molecule has 19 heavy (non-hydrogen) atoms. The second-order valence-electron chi connectivity index (χ2n) is 6.14. The molecule has 1 saturated heterocycles. The summed E-state index contributed by atoms with van der Waals surface area (Å²) in [7, 11) is 0. The maximum absolute atomic E-state index is 11.3. The van der Waals surface area contributed by atoms with Crippen molar-refractivity contribution in [2.75, 3.05) is 6.54 Å². The zero-order valence-electron chi connectivity index (χ0n) is 11.5. The quantitative estimate of drug-likeness (QED) is 0.678. The van der Waals surface area contributed by atoms with Gasteiger partial charge in [0.1, 0.15) is 5.60 Å². The molecule has 1 aliphatic carbocycles. The highest BCUT2D eigenvalue weighted by atomic mass is 16.3. The van der Waals surface area contributed by atoms with Crippen LogP contribution in [0.4, 0.5) is 0 Å². The van der Waals surface area contributed by atoms with Crippen LogP contribution in [0.25, 0.3) is 10.9 Å². The van der Waals surface area contributed by atoms with E-state index < -0.39 is 5.60 Å². The van der Waals surface area contributed by atoms with Crippen LogP contribution in [0.2, 0.25) is 0 Å².